The van der Waals surface area contributed by atoms with Crippen molar-refractivity contribution in [3.8, 4) is 22.9 Å². The summed E-state index contributed by atoms with van der Waals surface area (Å²) in [6.07, 6.45) is 0. The Morgan fingerprint density at radius 1 is 1.13 bits per heavy atom. The minimum absolute atomic E-state index is 0.0197. The van der Waals surface area contributed by atoms with Gasteiger partial charge in [-0.2, -0.15) is 10.1 Å². The maximum atomic E-state index is 5.98. The lowest BCUT2D eigenvalue weighted by Crippen LogP contribution is -2.24. The summed E-state index contributed by atoms with van der Waals surface area (Å²) < 4.78 is 13.0. The van der Waals surface area contributed by atoms with Crippen LogP contribution in [0.5, 0.6) is 11.5 Å². The van der Waals surface area contributed by atoms with Crippen molar-refractivity contribution in [2.45, 2.75) is 39.2 Å². The largest absolute Gasteiger partial charge is 0.493 e. The molecule has 0 fully saturated rings. The molecule has 0 saturated heterocycles. The number of aromatic nitrogens is 4. The number of hydrogen-bond acceptors (Lipinski definition) is 7. The van der Waals surface area contributed by atoms with E-state index in [4.69, 9.17) is 15.2 Å². The Balaban J connectivity index is 1.75. The Labute approximate surface area is 177 Å². The highest BCUT2D eigenvalue weighted by atomic mass is 16.5. The van der Waals surface area contributed by atoms with Gasteiger partial charge in [-0.25, -0.2) is 4.98 Å². The van der Waals surface area contributed by atoms with Crippen LogP contribution in [0.1, 0.15) is 33.4 Å². The molecule has 0 bridgehead atoms. The molecular weight excluding hydrogens is 380 g/mol. The third-order valence-electron chi connectivity index (χ3n) is 4.61. The first-order chi connectivity index (χ1) is 14.2. The molecule has 8 nitrogen and oxygen atoms in total. The second-order valence-corrected chi connectivity index (χ2v) is 8.29. The van der Waals surface area contributed by atoms with Crippen molar-refractivity contribution in [1.29, 1.82) is 0 Å². The summed E-state index contributed by atoms with van der Waals surface area (Å²) >= 11 is 0. The molecule has 3 aromatic rings. The number of para-hydroxylation sites is 2. The third-order valence-corrected chi connectivity index (χ3v) is 4.61. The molecule has 0 aliphatic heterocycles. The standard InChI is InChI=1S/C22H30N6O2/c1-14(13-30-18-10-8-7-9-17(18)29-6)24-20-11-15(25-21(23)26-20)16-12-19(22(2,3)4)27-28(16)5/h7-12,14H,13H2,1-6H3,(H3,23,24,25,26)/t14-/m1/s1. The van der Waals surface area contributed by atoms with E-state index in [1.54, 1.807) is 7.11 Å². The topological polar surface area (TPSA) is 100 Å². The van der Waals surface area contributed by atoms with Crippen LogP contribution in [-0.4, -0.2) is 39.5 Å². The first-order valence-corrected chi connectivity index (χ1v) is 9.89. The van der Waals surface area contributed by atoms with Gasteiger partial charge in [0.15, 0.2) is 11.5 Å². The summed E-state index contributed by atoms with van der Waals surface area (Å²) in [5, 5.41) is 7.95. The van der Waals surface area contributed by atoms with Crippen LogP contribution in [0.4, 0.5) is 11.8 Å². The smallest absolute Gasteiger partial charge is 0.222 e. The number of hydrogen-bond donors (Lipinski definition) is 2. The van der Waals surface area contributed by atoms with E-state index in [-0.39, 0.29) is 17.4 Å². The lowest BCUT2D eigenvalue weighted by atomic mass is 9.92. The van der Waals surface area contributed by atoms with Crippen LogP contribution in [0.2, 0.25) is 0 Å². The van der Waals surface area contributed by atoms with Crippen LogP contribution in [0.25, 0.3) is 11.4 Å². The molecule has 160 valence electrons. The monoisotopic (exact) mass is 410 g/mol. The van der Waals surface area contributed by atoms with E-state index in [0.717, 1.165) is 11.4 Å². The van der Waals surface area contributed by atoms with Crippen molar-refractivity contribution < 1.29 is 9.47 Å². The molecule has 0 spiro atoms. The number of aryl methyl sites for hydroxylation is 1. The van der Waals surface area contributed by atoms with Gasteiger partial charge in [-0.15, -0.1) is 0 Å². The van der Waals surface area contributed by atoms with Gasteiger partial charge in [-0.3, -0.25) is 4.68 Å². The second kappa shape index (κ2) is 8.61. The van der Waals surface area contributed by atoms with Gasteiger partial charge >= 0.3 is 0 Å². The molecule has 0 amide bonds. The van der Waals surface area contributed by atoms with Crippen LogP contribution >= 0.6 is 0 Å². The quantitative estimate of drug-likeness (QED) is 0.613. The first kappa shape index (κ1) is 21.4. The van der Waals surface area contributed by atoms with Crippen molar-refractivity contribution in [2.24, 2.45) is 7.05 Å². The molecule has 2 aromatic heterocycles. The minimum atomic E-state index is -0.0555. The van der Waals surface area contributed by atoms with Gasteiger partial charge in [0.2, 0.25) is 5.95 Å². The molecule has 8 heteroatoms. The van der Waals surface area contributed by atoms with Crippen molar-refractivity contribution in [3.05, 3.63) is 42.1 Å². The second-order valence-electron chi connectivity index (χ2n) is 8.29. The summed E-state index contributed by atoms with van der Waals surface area (Å²) in [6.45, 7) is 8.83. The lowest BCUT2D eigenvalue weighted by molar-refractivity contribution is 0.284. The fourth-order valence-corrected chi connectivity index (χ4v) is 2.99. The number of nitrogens with zero attached hydrogens (tertiary/aromatic N) is 4. The van der Waals surface area contributed by atoms with Gasteiger partial charge in [-0.1, -0.05) is 32.9 Å². The maximum Gasteiger partial charge on any atom is 0.222 e. The number of nitrogens with one attached hydrogen (secondary N) is 1. The molecule has 0 radical (unpaired) electrons. The van der Waals surface area contributed by atoms with Crippen LogP contribution in [0.3, 0.4) is 0 Å². The Morgan fingerprint density at radius 3 is 2.47 bits per heavy atom. The molecule has 0 saturated carbocycles. The molecule has 3 rings (SSSR count). The van der Waals surface area contributed by atoms with E-state index in [2.05, 4.69) is 41.2 Å². The zero-order chi connectivity index (χ0) is 21.9. The molecule has 2 heterocycles. The van der Waals surface area contributed by atoms with E-state index in [0.29, 0.717) is 29.6 Å². The molecule has 0 unspecified atom stereocenters. The highest BCUT2D eigenvalue weighted by molar-refractivity contribution is 5.61. The van der Waals surface area contributed by atoms with E-state index < -0.39 is 0 Å². The van der Waals surface area contributed by atoms with E-state index in [1.807, 2.05) is 55.1 Å². The third kappa shape index (κ3) is 5.00. The number of anilines is 2. The Bertz CT molecular complexity index is 1010. The predicted molar refractivity (Wildman–Crippen MR) is 119 cm³/mol. The number of benzene rings is 1. The molecular formula is C22H30N6O2. The van der Waals surface area contributed by atoms with Crippen molar-refractivity contribution in [1.82, 2.24) is 19.7 Å². The van der Waals surface area contributed by atoms with Crippen LogP contribution in [0.15, 0.2) is 36.4 Å². The van der Waals surface area contributed by atoms with Gasteiger partial charge in [-0.05, 0) is 25.1 Å². The van der Waals surface area contributed by atoms with Crippen LogP contribution < -0.4 is 20.5 Å². The number of nitrogen functional groups attached to an aromatic ring is 1. The Hall–Kier alpha value is -3.29. The zero-order valence-corrected chi connectivity index (χ0v) is 18.4. The number of methoxy groups -OCH3 is 1. The van der Waals surface area contributed by atoms with Gasteiger partial charge in [0, 0.05) is 18.5 Å². The summed E-state index contributed by atoms with van der Waals surface area (Å²) in [4.78, 5) is 8.72. The summed E-state index contributed by atoms with van der Waals surface area (Å²) in [6, 6.07) is 11.5. The number of ether oxygens (including phenoxy) is 2. The predicted octanol–water partition coefficient (Wildman–Crippen LogP) is 3.64. The van der Waals surface area contributed by atoms with Gasteiger partial charge < -0.3 is 20.5 Å². The SMILES string of the molecule is COc1ccccc1OC[C@@H](C)Nc1cc(-c2cc(C(C)(C)C)nn2C)nc(N)n1. The average Bonchev–Trinajstić information content (AvgIpc) is 3.08. The van der Waals surface area contributed by atoms with Gasteiger partial charge in [0.25, 0.3) is 0 Å². The van der Waals surface area contributed by atoms with E-state index in [9.17, 15) is 0 Å². The van der Waals surface area contributed by atoms with Crippen LogP contribution in [-0.2, 0) is 12.5 Å². The van der Waals surface area contributed by atoms with Crippen LogP contribution in [0, 0.1) is 0 Å². The van der Waals surface area contributed by atoms with Crippen molar-refractivity contribution in [2.75, 3.05) is 24.8 Å². The number of rotatable bonds is 7. The summed E-state index contributed by atoms with van der Waals surface area (Å²) in [7, 11) is 3.53. The molecule has 0 aliphatic carbocycles. The van der Waals surface area contributed by atoms with Gasteiger partial charge in [0.05, 0.1) is 30.2 Å². The fourth-order valence-electron chi connectivity index (χ4n) is 2.99. The molecule has 3 N–H and O–H groups in total. The summed E-state index contributed by atoms with van der Waals surface area (Å²) in [5.74, 6) is 2.23. The molecule has 0 aliphatic rings. The lowest BCUT2D eigenvalue weighted by Gasteiger charge is -2.17. The normalized spacial score (nSPS) is 12.5. The Morgan fingerprint density at radius 2 is 1.83 bits per heavy atom. The Kier molecular flexibility index (Phi) is 6.14. The first-order valence-electron chi connectivity index (χ1n) is 9.89. The average molecular weight is 411 g/mol. The maximum absolute atomic E-state index is 5.98. The van der Waals surface area contributed by atoms with Crippen molar-refractivity contribution >= 4 is 11.8 Å². The molecule has 1 atom stereocenters. The zero-order valence-electron chi connectivity index (χ0n) is 18.4. The highest BCUT2D eigenvalue weighted by Crippen LogP contribution is 2.28. The fraction of sp³-hybridized carbons (Fsp3) is 0.409. The summed E-state index contributed by atoms with van der Waals surface area (Å²) in [5.41, 5.74) is 8.51. The molecule has 30 heavy (non-hydrogen) atoms. The van der Waals surface area contributed by atoms with E-state index in [1.165, 1.54) is 0 Å². The molecule has 1 aromatic carbocycles. The van der Waals surface area contributed by atoms with Gasteiger partial charge in [0.1, 0.15) is 12.4 Å². The van der Waals surface area contributed by atoms with Crippen molar-refractivity contribution in [3.63, 3.8) is 0 Å². The van der Waals surface area contributed by atoms with E-state index >= 15 is 0 Å². The highest BCUT2D eigenvalue weighted by Gasteiger charge is 2.20. The minimum Gasteiger partial charge on any atom is -0.493 e. The number of nitrogens with two attached hydrogens (primary N) is 1.